The Kier molecular flexibility index (Phi) is 4.20. The van der Waals surface area contributed by atoms with Crippen LogP contribution < -0.4 is 5.32 Å². The molecule has 3 rings (SSSR count). The maximum atomic E-state index is 13.9. The van der Waals surface area contributed by atoms with Gasteiger partial charge in [0.2, 0.25) is 5.91 Å². The first kappa shape index (κ1) is 16.7. The molecule has 0 aromatic heterocycles. The summed E-state index contributed by atoms with van der Waals surface area (Å²) in [5.74, 6) is -0.293. The standard InChI is InChI=1S/C21H24FNO/c1-13-6-5-7-18(22)19(13)23-20(24)17-12-16(17)14-8-10-15(11-9-14)21(2,3)4/h5-11,16-17H,12H2,1-4H3,(H,23,24)/t16-,17+/m1/s1. The van der Waals surface area contributed by atoms with E-state index in [1.54, 1.807) is 19.1 Å². The second-order valence-corrected chi connectivity index (χ2v) is 7.74. The molecule has 2 atom stereocenters. The van der Waals surface area contributed by atoms with E-state index in [1.807, 2.05) is 0 Å². The van der Waals surface area contributed by atoms with E-state index in [4.69, 9.17) is 0 Å². The van der Waals surface area contributed by atoms with Crippen LogP contribution in [0.15, 0.2) is 42.5 Å². The van der Waals surface area contributed by atoms with Crippen LogP contribution in [0.5, 0.6) is 0 Å². The molecule has 0 radical (unpaired) electrons. The third-order valence-electron chi connectivity index (χ3n) is 4.80. The first-order valence-electron chi connectivity index (χ1n) is 8.44. The van der Waals surface area contributed by atoms with E-state index >= 15 is 0 Å². The molecule has 0 unspecified atom stereocenters. The Morgan fingerprint density at radius 1 is 1.12 bits per heavy atom. The third kappa shape index (κ3) is 3.35. The van der Waals surface area contributed by atoms with Crippen LogP contribution in [0.25, 0.3) is 0 Å². The molecule has 0 spiro atoms. The molecule has 1 aliphatic rings. The van der Waals surface area contributed by atoms with Gasteiger partial charge in [0.1, 0.15) is 5.82 Å². The SMILES string of the molecule is Cc1cccc(F)c1NC(=O)[C@H]1C[C@@H]1c1ccc(C(C)(C)C)cc1. The van der Waals surface area contributed by atoms with E-state index in [1.165, 1.54) is 17.2 Å². The van der Waals surface area contributed by atoms with Gasteiger partial charge >= 0.3 is 0 Å². The Hall–Kier alpha value is -2.16. The lowest BCUT2D eigenvalue weighted by Gasteiger charge is -2.19. The van der Waals surface area contributed by atoms with Gasteiger partial charge in [-0.25, -0.2) is 4.39 Å². The van der Waals surface area contributed by atoms with Gasteiger partial charge in [-0.15, -0.1) is 0 Å². The number of amides is 1. The first-order valence-corrected chi connectivity index (χ1v) is 8.44. The predicted octanol–water partition coefficient (Wildman–Crippen LogP) is 5.17. The van der Waals surface area contributed by atoms with Crippen molar-refractivity contribution in [3.63, 3.8) is 0 Å². The zero-order chi connectivity index (χ0) is 17.5. The van der Waals surface area contributed by atoms with Crippen molar-refractivity contribution >= 4 is 11.6 Å². The monoisotopic (exact) mass is 325 g/mol. The largest absolute Gasteiger partial charge is 0.323 e. The molecule has 0 bridgehead atoms. The summed E-state index contributed by atoms with van der Waals surface area (Å²) in [4.78, 5) is 12.4. The van der Waals surface area contributed by atoms with Crippen LogP contribution in [0.3, 0.4) is 0 Å². The summed E-state index contributed by atoms with van der Waals surface area (Å²) >= 11 is 0. The highest BCUT2D eigenvalue weighted by atomic mass is 19.1. The highest BCUT2D eigenvalue weighted by molar-refractivity contribution is 5.96. The average Bonchev–Trinajstić information content (AvgIpc) is 3.31. The summed E-state index contributed by atoms with van der Waals surface area (Å²) in [5.41, 5.74) is 3.65. The maximum absolute atomic E-state index is 13.9. The average molecular weight is 325 g/mol. The van der Waals surface area contributed by atoms with Gasteiger partial charge in [-0.1, -0.05) is 57.2 Å². The normalized spacial score (nSPS) is 19.9. The number of carbonyl (C=O) groups is 1. The smallest absolute Gasteiger partial charge is 0.228 e. The molecule has 1 N–H and O–H groups in total. The topological polar surface area (TPSA) is 29.1 Å². The molecule has 2 aromatic carbocycles. The molecule has 0 saturated heterocycles. The number of nitrogens with one attached hydrogen (secondary N) is 1. The van der Waals surface area contributed by atoms with Gasteiger partial charge in [-0.2, -0.15) is 0 Å². The summed E-state index contributed by atoms with van der Waals surface area (Å²) in [6.45, 7) is 8.36. The van der Waals surface area contributed by atoms with Crippen molar-refractivity contribution in [2.45, 2.75) is 45.4 Å². The molecule has 2 aromatic rings. The summed E-state index contributed by atoms with van der Waals surface area (Å²) in [5, 5.41) is 2.76. The van der Waals surface area contributed by atoms with Gasteiger partial charge in [0.15, 0.2) is 0 Å². The lowest BCUT2D eigenvalue weighted by Crippen LogP contribution is -2.16. The number of hydrogen-bond acceptors (Lipinski definition) is 1. The summed E-state index contributed by atoms with van der Waals surface area (Å²) in [7, 11) is 0. The highest BCUT2D eigenvalue weighted by Gasteiger charge is 2.44. The first-order chi connectivity index (χ1) is 11.3. The fraction of sp³-hybridized carbons (Fsp3) is 0.381. The van der Waals surface area contributed by atoms with E-state index in [0.717, 1.165) is 12.0 Å². The van der Waals surface area contributed by atoms with Gasteiger partial charge in [0.25, 0.3) is 0 Å². The minimum absolute atomic E-state index is 0.0653. The number of benzene rings is 2. The number of anilines is 1. The molecule has 2 nitrogen and oxygen atoms in total. The van der Waals surface area contributed by atoms with Crippen LogP contribution in [0.4, 0.5) is 10.1 Å². The van der Waals surface area contributed by atoms with Gasteiger partial charge in [-0.3, -0.25) is 4.79 Å². The number of hydrogen-bond donors (Lipinski definition) is 1. The van der Waals surface area contributed by atoms with Crippen molar-refractivity contribution in [3.8, 4) is 0 Å². The maximum Gasteiger partial charge on any atom is 0.228 e. The Morgan fingerprint density at radius 3 is 2.38 bits per heavy atom. The minimum atomic E-state index is -0.380. The molecular weight excluding hydrogens is 301 g/mol. The molecule has 126 valence electrons. The van der Waals surface area contributed by atoms with Gasteiger partial charge in [0.05, 0.1) is 5.69 Å². The molecule has 0 heterocycles. The number of para-hydroxylation sites is 1. The van der Waals surface area contributed by atoms with E-state index < -0.39 is 0 Å². The Bertz CT molecular complexity index is 738. The molecule has 3 heteroatoms. The van der Waals surface area contributed by atoms with Gasteiger partial charge < -0.3 is 5.32 Å². The van der Waals surface area contributed by atoms with E-state index in [9.17, 15) is 9.18 Å². The third-order valence-corrected chi connectivity index (χ3v) is 4.80. The van der Waals surface area contributed by atoms with Crippen molar-refractivity contribution in [2.75, 3.05) is 5.32 Å². The van der Waals surface area contributed by atoms with E-state index in [0.29, 0.717) is 5.69 Å². The number of halogens is 1. The lowest BCUT2D eigenvalue weighted by atomic mass is 9.86. The summed E-state index contributed by atoms with van der Waals surface area (Å²) < 4.78 is 13.9. The quantitative estimate of drug-likeness (QED) is 0.828. The second kappa shape index (κ2) is 6.04. The lowest BCUT2D eigenvalue weighted by molar-refractivity contribution is -0.117. The highest BCUT2D eigenvalue weighted by Crippen LogP contribution is 2.48. The summed E-state index contributed by atoms with van der Waals surface area (Å²) in [6, 6.07) is 13.3. The Morgan fingerprint density at radius 2 is 1.79 bits per heavy atom. The van der Waals surface area contributed by atoms with Crippen molar-refractivity contribution < 1.29 is 9.18 Å². The van der Waals surface area contributed by atoms with Gasteiger partial charge in [0, 0.05) is 5.92 Å². The fourth-order valence-electron chi connectivity index (χ4n) is 3.09. The Labute approximate surface area is 143 Å². The number of aryl methyl sites for hydroxylation is 1. The van der Waals surface area contributed by atoms with E-state index in [2.05, 4.69) is 50.4 Å². The molecular formula is C21H24FNO. The van der Waals surface area contributed by atoms with Crippen LogP contribution >= 0.6 is 0 Å². The van der Waals surface area contributed by atoms with Crippen molar-refractivity contribution in [1.82, 2.24) is 0 Å². The molecule has 24 heavy (non-hydrogen) atoms. The van der Waals surface area contributed by atoms with Gasteiger partial charge in [-0.05, 0) is 47.4 Å². The van der Waals surface area contributed by atoms with Crippen molar-refractivity contribution in [2.24, 2.45) is 5.92 Å². The minimum Gasteiger partial charge on any atom is -0.323 e. The van der Waals surface area contributed by atoms with Crippen LogP contribution in [0.2, 0.25) is 0 Å². The zero-order valence-electron chi connectivity index (χ0n) is 14.7. The predicted molar refractivity (Wildman–Crippen MR) is 95.8 cm³/mol. The molecule has 1 amide bonds. The van der Waals surface area contributed by atoms with E-state index in [-0.39, 0.29) is 29.0 Å². The van der Waals surface area contributed by atoms with Crippen LogP contribution in [-0.4, -0.2) is 5.91 Å². The zero-order valence-corrected chi connectivity index (χ0v) is 14.7. The number of carbonyl (C=O) groups excluding carboxylic acids is 1. The second-order valence-electron chi connectivity index (χ2n) is 7.74. The van der Waals surface area contributed by atoms with Crippen LogP contribution in [-0.2, 0) is 10.2 Å². The van der Waals surface area contributed by atoms with Crippen LogP contribution in [0.1, 0.15) is 49.8 Å². The molecule has 0 aliphatic heterocycles. The Balaban J connectivity index is 1.68. The van der Waals surface area contributed by atoms with Crippen molar-refractivity contribution in [1.29, 1.82) is 0 Å². The molecule has 1 aliphatic carbocycles. The molecule has 1 fully saturated rings. The van der Waals surface area contributed by atoms with Crippen molar-refractivity contribution in [3.05, 3.63) is 65.0 Å². The fourth-order valence-corrected chi connectivity index (χ4v) is 3.09. The summed E-state index contributed by atoms with van der Waals surface area (Å²) in [6.07, 6.45) is 0.828. The van der Waals surface area contributed by atoms with Crippen LogP contribution in [0, 0.1) is 18.7 Å². The number of rotatable bonds is 3. The molecule has 1 saturated carbocycles.